The number of amides is 2. The van der Waals surface area contributed by atoms with Gasteiger partial charge in [0.25, 0.3) is 11.8 Å². The lowest BCUT2D eigenvalue weighted by atomic mass is 9.88. The molecule has 8 heteroatoms. The molecule has 1 N–H and O–H groups in total. The maximum Gasteiger partial charge on any atom is 0.262 e. The molecule has 0 atom stereocenters. The molecule has 29 heavy (non-hydrogen) atoms. The van der Waals surface area contributed by atoms with Crippen molar-refractivity contribution in [2.75, 3.05) is 25.0 Å². The maximum absolute atomic E-state index is 13.9. The Hall–Kier alpha value is -3.29. The zero-order valence-corrected chi connectivity index (χ0v) is 15.4. The van der Waals surface area contributed by atoms with Gasteiger partial charge in [-0.05, 0) is 49.2 Å². The lowest BCUT2D eigenvalue weighted by Crippen LogP contribution is -2.40. The topological polar surface area (TPSA) is 75.7 Å². The molecule has 0 bridgehead atoms. The van der Waals surface area contributed by atoms with Crippen molar-refractivity contribution in [3.63, 3.8) is 0 Å². The highest BCUT2D eigenvalue weighted by Crippen LogP contribution is 2.30. The minimum Gasteiger partial charge on any atom is -0.482 e. The normalized spacial score (nSPS) is 16.6. The first-order chi connectivity index (χ1) is 13.9. The third-order valence-corrected chi connectivity index (χ3v) is 5.21. The van der Waals surface area contributed by atoms with Crippen molar-refractivity contribution in [2.45, 2.75) is 12.8 Å². The number of halogens is 2. The molecule has 1 fully saturated rings. The largest absolute Gasteiger partial charge is 0.482 e. The molecule has 2 amide bonds. The lowest BCUT2D eigenvalue weighted by molar-refractivity contribution is -0.118. The number of hydrogen-bond donors (Lipinski definition) is 1. The summed E-state index contributed by atoms with van der Waals surface area (Å²) < 4.78 is 32.6. The number of carbonyl (C=O) groups is 3. The number of ether oxygens (including phenoxy) is 1. The summed E-state index contributed by atoms with van der Waals surface area (Å²) in [5.41, 5.74) is 0.684. The number of carbonyl (C=O) groups excluding carboxylic acids is 3. The van der Waals surface area contributed by atoms with Gasteiger partial charge in [-0.25, -0.2) is 8.78 Å². The van der Waals surface area contributed by atoms with E-state index in [1.807, 2.05) is 0 Å². The van der Waals surface area contributed by atoms with Crippen molar-refractivity contribution < 1.29 is 27.9 Å². The molecule has 1 saturated heterocycles. The van der Waals surface area contributed by atoms with Gasteiger partial charge in [0, 0.05) is 24.6 Å². The van der Waals surface area contributed by atoms with Crippen LogP contribution < -0.4 is 10.1 Å². The highest BCUT2D eigenvalue weighted by molar-refractivity contribution is 6.00. The summed E-state index contributed by atoms with van der Waals surface area (Å²) in [5.74, 6) is -2.33. The van der Waals surface area contributed by atoms with Crippen LogP contribution in [0.25, 0.3) is 0 Å². The molecule has 150 valence electrons. The Bertz CT molecular complexity index is 1000. The van der Waals surface area contributed by atoms with Crippen molar-refractivity contribution in [2.24, 2.45) is 5.92 Å². The number of hydrogen-bond acceptors (Lipinski definition) is 4. The van der Waals surface area contributed by atoms with Gasteiger partial charge in [0.15, 0.2) is 12.4 Å². The Kier molecular flexibility index (Phi) is 5.00. The van der Waals surface area contributed by atoms with Gasteiger partial charge in [-0.1, -0.05) is 0 Å². The molecule has 0 aliphatic carbocycles. The van der Waals surface area contributed by atoms with Gasteiger partial charge in [0.2, 0.25) is 0 Å². The molecule has 2 aliphatic heterocycles. The van der Waals surface area contributed by atoms with Gasteiger partial charge >= 0.3 is 0 Å². The van der Waals surface area contributed by atoms with Crippen LogP contribution in [0.2, 0.25) is 0 Å². The number of piperidine rings is 1. The number of likely N-dealkylation sites (tertiary alicyclic amines) is 1. The fourth-order valence-corrected chi connectivity index (χ4v) is 3.64. The fraction of sp³-hybridized carbons (Fsp3) is 0.286. The molecule has 2 heterocycles. The summed E-state index contributed by atoms with van der Waals surface area (Å²) in [6, 6.07) is 7.64. The minimum atomic E-state index is -0.740. The fourth-order valence-electron chi connectivity index (χ4n) is 3.64. The Morgan fingerprint density at radius 2 is 1.83 bits per heavy atom. The monoisotopic (exact) mass is 400 g/mol. The summed E-state index contributed by atoms with van der Waals surface area (Å²) in [6.45, 7) is 0.566. The van der Waals surface area contributed by atoms with E-state index >= 15 is 0 Å². The van der Waals surface area contributed by atoms with E-state index in [2.05, 4.69) is 5.32 Å². The highest BCUT2D eigenvalue weighted by atomic mass is 19.1. The number of rotatable bonds is 3. The summed E-state index contributed by atoms with van der Waals surface area (Å²) >= 11 is 0. The molecule has 0 unspecified atom stereocenters. The van der Waals surface area contributed by atoms with Crippen LogP contribution in [0.3, 0.4) is 0 Å². The zero-order chi connectivity index (χ0) is 20.5. The van der Waals surface area contributed by atoms with Gasteiger partial charge in [-0.15, -0.1) is 0 Å². The van der Waals surface area contributed by atoms with Crippen LogP contribution >= 0.6 is 0 Å². The predicted molar refractivity (Wildman–Crippen MR) is 99.9 cm³/mol. The van der Waals surface area contributed by atoms with E-state index in [4.69, 9.17) is 4.74 Å². The Balaban J connectivity index is 1.42. The zero-order valence-electron chi connectivity index (χ0n) is 15.4. The second-order valence-corrected chi connectivity index (χ2v) is 7.10. The Morgan fingerprint density at radius 3 is 2.59 bits per heavy atom. The SMILES string of the molecule is O=C1COc2cc(C(=O)N3CCC(C(=O)c4cc(F)ccc4F)CC3)ccc2N1. The van der Waals surface area contributed by atoms with Crippen LogP contribution in [0.4, 0.5) is 14.5 Å². The van der Waals surface area contributed by atoms with Crippen LogP contribution in [0.5, 0.6) is 5.75 Å². The summed E-state index contributed by atoms with van der Waals surface area (Å²) in [4.78, 5) is 38.3. The number of Topliss-reactive ketones (excluding diaryl/α,β-unsaturated/α-hetero) is 1. The van der Waals surface area contributed by atoms with Crippen molar-refractivity contribution in [1.29, 1.82) is 0 Å². The maximum atomic E-state index is 13.9. The van der Waals surface area contributed by atoms with E-state index < -0.39 is 23.3 Å². The number of benzene rings is 2. The number of nitrogens with one attached hydrogen (secondary N) is 1. The molecule has 4 rings (SSSR count). The number of nitrogens with zero attached hydrogens (tertiary/aromatic N) is 1. The standard InChI is InChI=1S/C21H18F2N2O4/c22-14-2-3-16(23)15(10-14)20(27)12-5-7-25(8-6-12)21(28)13-1-4-17-18(9-13)29-11-19(26)24-17/h1-4,9-10,12H,5-8,11H2,(H,24,26). The van der Waals surface area contributed by atoms with E-state index in [0.29, 0.717) is 42.9 Å². The Morgan fingerprint density at radius 1 is 1.07 bits per heavy atom. The van der Waals surface area contributed by atoms with Crippen molar-refractivity contribution in [3.8, 4) is 5.75 Å². The van der Waals surface area contributed by atoms with E-state index in [-0.39, 0.29) is 24.0 Å². The molecule has 0 spiro atoms. The van der Waals surface area contributed by atoms with Crippen LogP contribution in [0.15, 0.2) is 36.4 Å². The van der Waals surface area contributed by atoms with E-state index in [9.17, 15) is 23.2 Å². The van der Waals surface area contributed by atoms with Crippen LogP contribution in [0, 0.1) is 17.6 Å². The van der Waals surface area contributed by atoms with Gasteiger partial charge in [-0.2, -0.15) is 0 Å². The van der Waals surface area contributed by atoms with Gasteiger partial charge in [0.1, 0.15) is 17.4 Å². The van der Waals surface area contributed by atoms with Crippen molar-refractivity contribution in [3.05, 3.63) is 59.2 Å². The van der Waals surface area contributed by atoms with Crippen molar-refractivity contribution in [1.82, 2.24) is 4.90 Å². The third-order valence-electron chi connectivity index (χ3n) is 5.21. The van der Waals surface area contributed by atoms with E-state index in [1.165, 1.54) is 0 Å². The molecule has 0 radical (unpaired) electrons. The number of fused-ring (bicyclic) bond motifs is 1. The van der Waals surface area contributed by atoms with Crippen LogP contribution in [-0.4, -0.2) is 42.2 Å². The van der Waals surface area contributed by atoms with E-state index in [1.54, 1.807) is 23.1 Å². The quantitative estimate of drug-likeness (QED) is 0.804. The third kappa shape index (κ3) is 3.83. The van der Waals surface area contributed by atoms with Gasteiger partial charge < -0.3 is 15.0 Å². The predicted octanol–water partition coefficient (Wildman–Crippen LogP) is 3.03. The molecule has 2 aliphatic rings. The average Bonchev–Trinajstić information content (AvgIpc) is 2.74. The first-order valence-corrected chi connectivity index (χ1v) is 9.27. The van der Waals surface area contributed by atoms with Crippen LogP contribution in [0.1, 0.15) is 33.6 Å². The molecule has 0 saturated carbocycles. The first-order valence-electron chi connectivity index (χ1n) is 9.27. The second-order valence-electron chi connectivity index (χ2n) is 7.10. The number of anilines is 1. The molecule has 2 aromatic rings. The lowest BCUT2D eigenvalue weighted by Gasteiger charge is -2.31. The summed E-state index contributed by atoms with van der Waals surface area (Å²) in [7, 11) is 0. The molecular weight excluding hydrogens is 382 g/mol. The smallest absolute Gasteiger partial charge is 0.262 e. The summed E-state index contributed by atoms with van der Waals surface area (Å²) in [5, 5.41) is 2.66. The Labute approximate surface area is 165 Å². The van der Waals surface area contributed by atoms with Gasteiger partial charge in [-0.3, -0.25) is 14.4 Å². The van der Waals surface area contributed by atoms with Crippen LogP contribution in [-0.2, 0) is 4.79 Å². The van der Waals surface area contributed by atoms with Gasteiger partial charge in [0.05, 0.1) is 11.3 Å². The molecule has 2 aromatic carbocycles. The second kappa shape index (κ2) is 7.62. The number of ketones is 1. The van der Waals surface area contributed by atoms with Crippen molar-refractivity contribution >= 4 is 23.3 Å². The minimum absolute atomic E-state index is 0.102. The average molecular weight is 400 g/mol. The first kappa shape index (κ1) is 19.0. The van der Waals surface area contributed by atoms with E-state index in [0.717, 1.165) is 18.2 Å². The molecule has 0 aromatic heterocycles. The summed E-state index contributed by atoms with van der Waals surface area (Å²) in [6.07, 6.45) is 0.746. The molecule has 6 nitrogen and oxygen atoms in total. The highest BCUT2D eigenvalue weighted by Gasteiger charge is 2.30. The molecular formula is C21H18F2N2O4.